The molecule has 2 aromatic rings. The molecule has 0 unspecified atom stereocenters. The van der Waals surface area contributed by atoms with Gasteiger partial charge in [0.1, 0.15) is 5.75 Å². The van der Waals surface area contributed by atoms with Crippen molar-refractivity contribution in [3.05, 3.63) is 58.1 Å². The molecule has 0 saturated heterocycles. The van der Waals surface area contributed by atoms with Crippen molar-refractivity contribution < 1.29 is 9.53 Å². The van der Waals surface area contributed by atoms with Gasteiger partial charge < -0.3 is 15.4 Å². The van der Waals surface area contributed by atoms with Gasteiger partial charge in [0.25, 0.3) is 0 Å². The predicted molar refractivity (Wildman–Crippen MR) is 87.7 cm³/mol. The first-order valence-corrected chi connectivity index (χ1v) is 7.32. The molecule has 0 aliphatic rings. The van der Waals surface area contributed by atoms with Gasteiger partial charge in [-0.05, 0) is 46.6 Å². The number of aryl methyl sites for hydroxylation is 1. The first kappa shape index (κ1) is 15.4. The van der Waals surface area contributed by atoms with Gasteiger partial charge in [-0.15, -0.1) is 0 Å². The molecule has 2 aromatic carbocycles. The Morgan fingerprint density at radius 1 is 1.24 bits per heavy atom. The van der Waals surface area contributed by atoms with Crippen molar-refractivity contribution in [2.24, 2.45) is 0 Å². The fraction of sp³-hybridized carbons (Fsp3) is 0.188. The van der Waals surface area contributed by atoms with E-state index < -0.39 is 0 Å². The molecule has 0 radical (unpaired) electrons. The second-order valence-electron chi connectivity index (χ2n) is 4.60. The van der Waals surface area contributed by atoms with Crippen LogP contribution in [-0.4, -0.2) is 13.1 Å². The fourth-order valence-electron chi connectivity index (χ4n) is 1.91. The van der Waals surface area contributed by atoms with Crippen LogP contribution in [0.3, 0.4) is 0 Å². The summed E-state index contributed by atoms with van der Waals surface area (Å²) < 4.78 is 6.11. The van der Waals surface area contributed by atoms with E-state index in [4.69, 9.17) is 4.74 Å². The van der Waals surface area contributed by atoms with Crippen molar-refractivity contribution in [2.75, 3.05) is 12.4 Å². The molecule has 2 N–H and O–H groups in total. The molecule has 2 amide bonds. The summed E-state index contributed by atoms with van der Waals surface area (Å²) in [6.45, 7) is 2.40. The molecular weight excluding hydrogens is 332 g/mol. The van der Waals surface area contributed by atoms with Crippen molar-refractivity contribution in [3.63, 3.8) is 0 Å². The molecule has 4 nitrogen and oxygen atoms in total. The average molecular weight is 349 g/mol. The molecule has 0 bridgehead atoms. The molecule has 0 saturated carbocycles. The molecule has 0 aliphatic heterocycles. The molecular formula is C16H17BrN2O2. The van der Waals surface area contributed by atoms with Gasteiger partial charge in [0.05, 0.1) is 12.8 Å². The predicted octanol–water partition coefficient (Wildman–Crippen LogP) is 4.09. The number of urea groups is 1. The number of rotatable bonds is 4. The van der Waals surface area contributed by atoms with Crippen LogP contribution in [-0.2, 0) is 6.54 Å². The number of ether oxygens (including phenoxy) is 1. The normalized spacial score (nSPS) is 10.0. The van der Waals surface area contributed by atoms with E-state index >= 15 is 0 Å². The number of hydrogen-bond donors (Lipinski definition) is 2. The molecule has 110 valence electrons. The van der Waals surface area contributed by atoms with E-state index in [1.807, 2.05) is 49.4 Å². The second kappa shape index (κ2) is 7.13. The van der Waals surface area contributed by atoms with Crippen LogP contribution in [0, 0.1) is 6.92 Å². The first-order chi connectivity index (χ1) is 10.1. The Bertz CT molecular complexity index is 644. The lowest BCUT2D eigenvalue weighted by molar-refractivity contribution is 0.251. The number of carbonyl (C=O) groups is 1. The Morgan fingerprint density at radius 3 is 2.71 bits per heavy atom. The van der Waals surface area contributed by atoms with Crippen LogP contribution in [0.4, 0.5) is 10.5 Å². The van der Waals surface area contributed by atoms with Crippen molar-refractivity contribution in [2.45, 2.75) is 13.5 Å². The maximum Gasteiger partial charge on any atom is 0.319 e. The van der Waals surface area contributed by atoms with Crippen LogP contribution < -0.4 is 15.4 Å². The molecule has 0 atom stereocenters. The maximum absolute atomic E-state index is 11.9. The van der Waals surface area contributed by atoms with Gasteiger partial charge in [-0.1, -0.05) is 24.3 Å². The summed E-state index contributed by atoms with van der Waals surface area (Å²) in [6.07, 6.45) is 0. The van der Waals surface area contributed by atoms with E-state index in [9.17, 15) is 4.79 Å². The van der Waals surface area contributed by atoms with Crippen molar-refractivity contribution in [1.29, 1.82) is 0 Å². The Kier molecular flexibility index (Phi) is 5.22. The SMILES string of the molecule is COc1ccccc1CNC(=O)Nc1ccc(C)cc1Br. The summed E-state index contributed by atoms with van der Waals surface area (Å²) in [5.74, 6) is 0.759. The van der Waals surface area contributed by atoms with Crippen LogP contribution in [0.1, 0.15) is 11.1 Å². The van der Waals surface area contributed by atoms with Crippen LogP contribution >= 0.6 is 15.9 Å². The largest absolute Gasteiger partial charge is 0.496 e. The Morgan fingerprint density at radius 2 is 2.00 bits per heavy atom. The van der Waals surface area contributed by atoms with Crippen molar-refractivity contribution in [1.82, 2.24) is 5.32 Å². The number of methoxy groups -OCH3 is 1. The molecule has 0 heterocycles. The number of carbonyl (C=O) groups excluding carboxylic acids is 1. The maximum atomic E-state index is 11.9. The lowest BCUT2D eigenvalue weighted by atomic mass is 10.2. The van der Waals surface area contributed by atoms with E-state index in [0.717, 1.165) is 27.0 Å². The van der Waals surface area contributed by atoms with E-state index in [-0.39, 0.29) is 6.03 Å². The highest BCUT2D eigenvalue weighted by atomic mass is 79.9. The third-order valence-corrected chi connectivity index (χ3v) is 3.66. The number of hydrogen-bond acceptors (Lipinski definition) is 2. The minimum Gasteiger partial charge on any atom is -0.496 e. The van der Waals surface area contributed by atoms with Gasteiger partial charge in [0, 0.05) is 16.6 Å². The molecule has 5 heteroatoms. The van der Waals surface area contributed by atoms with E-state index in [2.05, 4.69) is 26.6 Å². The summed E-state index contributed by atoms with van der Waals surface area (Å²) in [5.41, 5.74) is 2.79. The average Bonchev–Trinajstić information content (AvgIpc) is 2.48. The van der Waals surface area contributed by atoms with Gasteiger partial charge in [-0.2, -0.15) is 0 Å². The van der Waals surface area contributed by atoms with E-state index in [1.165, 1.54) is 0 Å². The van der Waals surface area contributed by atoms with E-state index in [1.54, 1.807) is 7.11 Å². The number of benzene rings is 2. The quantitative estimate of drug-likeness (QED) is 0.874. The smallest absolute Gasteiger partial charge is 0.319 e. The van der Waals surface area contributed by atoms with Crippen LogP contribution in [0.25, 0.3) is 0 Å². The second-order valence-corrected chi connectivity index (χ2v) is 5.46. The molecule has 2 rings (SSSR count). The zero-order valence-electron chi connectivity index (χ0n) is 11.9. The Hall–Kier alpha value is -2.01. The third kappa shape index (κ3) is 4.23. The summed E-state index contributed by atoms with van der Waals surface area (Å²) in [4.78, 5) is 11.9. The minimum absolute atomic E-state index is 0.259. The van der Waals surface area contributed by atoms with Gasteiger partial charge >= 0.3 is 6.03 Å². The Labute approximate surface area is 132 Å². The summed E-state index contributed by atoms with van der Waals surface area (Å²) >= 11 is 3.43. The molecule has 0 fully saturated rings. The standard InChI is InChI=1S/C16H17BrN2O2/c1-11-7-8-14(13(17)9-11)19-16(20)18-10-12-5-3-4-6-15(12)21-2/h3-9H,10H2,1-2H3,(H2,18,19,20). The Balaban J connectivity index is 1.96. The van der Waals surface area contributed by atoms with Crippen molar-refractivity contribution in [3.8, 4) is 5.75 Å². The summed E-state index contributed by atoms with van der Waals surface area (Å²) in [6, 6.07) is 13.1. The summed E-state index contributed by atoms with van der Waals surface area (Å²) in [7, 11) is 1.61. The number of halogens is 1. The van der Waals surface area contributed by atoms with Crippen LogP contribution in [0.15, 0.2) is 46.9 Å². The number of anilines is 1. The molecule has 0 aromatic heterocycles. The zero-order valence-corrected chi connectivity index (χ0v) is 13.5. The number of amides is 2. The number of nitrogens with one attached hydrogen (secondary N) is 2. The van der Waals surface area contributed by atoms with Gasteiger partial charge in [-0.25, -0.2) is 4.79 Å². The monoisotopic (exact) mass is 348 g/mol. The van der Waals surface area contributed by atoms with Crippen LogP contribution in [0.5, 0.6) is 5.75 Å². The molecule has 21 heavy (non-hydrogen) atoms. The highest BCUT2D eigenvalue weighted by Crippen LogP contribution is 2.23. The van der Waals surface area contributed by atoms with Gasteiger partial charge in [0.2, 0.25) is 0 Å². The first-order valence-electron chi connectivity index (χ1n) is 6.53. The van der Waals surface area contributed by atoms with Crippen LogP contribution in [0.2, 0.25) is 0 Å². The van der Waals surface area contributed by atoms with Gasteiger partial charge in [-0.3, -0.25) is 0 Å². The molecule has 0 aliphatic carbocycles. The van der Waals surface area contributed by atoms with Crippen molar-refractivity contribution >= 4 is 27.6 Å². The van der Waals surface area contributed by atoms with Gasteiger partial charge in [0.15, 0.2) is 0 Å². The molecule has 0 spiro atoms. The topological polar surface area (TPSA) is 50.4 Å². The highest BCUT2D eigenvalue weighted by molar-refractivity contribution is 9.10. The minimum atomic E-state index is -0.259. The van der Waals surface area contributed by atoms with E-state index in [0.29, 0.717) is 6.54 Å². The lowest BCUT2D eigenvalue weighted by Crippen LogP contribution is -2.28. The third-order valence-electron chi connectivity index (χ3n) is 3.00. The highest BCUT2D eigenvalue weighted by Gasteiger charge is 2.07. The summed E-state index contributed by atoms with van der Waals surface area (Å²) in [5, 5.41) is 5.62. The lowest BCUT2D eigenvalue weighted by Gasteiger charge is -2.11. The zero-order chi connectivity index (χ0) is 15.2. The number of para-hydroxylation sites is 1. The fourth-order valence-corrected chi connectivity index (χ4v) is 2.50.